The van der Waals surface area contributed by atoms with E-state index in [1.807, 2.05) is 12.2 Å². The molecule has 0 bridgehead atoms. The molecule has 0 saturated heterocycles. The predicted octanol–water partition coefficient (Wildman–Crippen LogP) is 3.22. The van der Waals surface area contributed by atoms with Gasteiger partial charge in [0.25, 0.3) is 0 Å². The summed E-state index contributed by atoms with van der Waals surface area (Å²) >= 11 is 4.40. The Kier molecular flexibility index (Phi) is 6.83. The minimum atomic E-state index is 0.524. The molecule has 0 atom stereocenters. The van der Waals surface area contributed by atoms with Crippen molar-refractivity contribution in [3.8, 4) is 0 Å². The van der Waals surface area contributed by atoms with E-state index in [-0.39, 0.29) is 0 Å². The molecule has 0 rings (SSSR count). The van der Waals surface area contributed by atoms with Crippen LogP contribution in [0.25, 0.3) is 0 Å². The Bertz CT molecular complexity index is 84.9. The minimum absolute atomic E-state index is 0.524. The fourth-order valence-corrected chi connectivity index (χ4v) is 1.06. The van der Waals surface area contributed by atoms with Crippen LogP contribution in [0.1, 0.15) is 25.7 Å². The lowest BCUT2D eigenvalue weighted by atomic mass is 10.1. The molecule has 0 aliphatic rings. The van der Waals surface area contributed by atoms with Gasteiger partial charge in [-0.15, -0.1) is 13.2 Å². The molecular formula is C9H16S. The molecule has 0 aromatic rings. The van der Waals surface area contributed by atoms with Crippen LogP contribution in [0.4, 0.5) is 0 Å². The Balaban J connectivity index is 3.15. The average molecular weight is 156 g/mol. The summed E-state index contributed by atoms with van der Waals surface area (Å²) in [6.45, 7) is 7.32. The van der Waals surface area contributed by atoms with Gasteiger partial charge in [0.05, 0.1) is 0 Å². The van der Waals surface area contributed by atoms with Crippen molar-refractivity contribution in [1.82, 2.24) is 0 Å². The predicted molar refractivity (Wildman–Crippen MR) is 51.6 cm³/mol. The van der Waals surface area contributed by atoms with Gasteiger partial charge in [0.2, 0.25) is 0 Å². The molecule has 0 radical (unpaired) electrons. The van der Waals surface area contributed by atoms with Gasteiger partial charge >= 0.3 is 0 Å². The summed E-state index contributed by atoms with van der Waals surface area (Å²) in [4.78, 5) is 0. The van der Waals surface area contributed by atoms with Crippen LogP contribution in [0.5, 0.6) is 0 Å². The van der Waals surface area contributed by atoms with Gasteiger partial charge in [-0.2, -0.15) is 12.6 Å². The summed E-state index contributed by atoms with van der Waals surface area (Å²) in [6, 6.07) is 0. The summed E-state index contributed by atoms with van der Waals surface area (Å²) < 4.78 is 0. The van der Waals surface area contributed by atoms with Crippen LogP contribution in [0.15, 0.2) is 25.3 Å². The molecule has 0 spiro atoms. The first-order chi connectivity index (χ1) is 4.81. The van der Waals surface area contributed by atoms with Gasteiger partial charge in [-0.1, -0.05) is 12.2 Å². The van der Waals surface area contributed by atoms with Crippen molar-refractivity contribution < 1.29 is 0 Å². The lowest BCUT2D eigenvalue weighted by Gasteiger charge is -2.05. The Morgan fingerprint density at radius 3 is 1.80 bits per heavy atom. The topological polar surface area (TPSA) is 0 Å². The first-order valence-electron chi connectivity index (χ1n) is 3.71. The summed E-state index contributed by atoms with van der Waals surface area (Å²) in [6.07, 6.45) is 8.31. The van der Waals surface area contributed by atoms with Crippen LogP contribution in [0.2, 0.25) is 0 Å². The second-order valence-electron chi connectivity index (χ2n) is 2.39. The number of allylic oxidation sites excluding steroid dienone is 2. The van der Waals surface area contributed by atoms with Crippen molar-refractivity contribution >= 4 is 12.6 Å². The molecule has 0 heterocycles. The van der Waals surface area contributed by atoms with E-state index in [2.05, 4.69) is 25.8 Å². The molecule has 1 heteroatoms. The zero-order valence-corrected chi connectivity index (χ0v) is 7.32. The van der Waals surface area contributed by atoms with Crippen molar-refractivity contribution in [1.29, 1.82) is 0 Å². The SMILES string of the molecule is C=CCCC(S)CCC=C. The number of hydrogen-bond acceptors (Lipinski definition) is 1. The van der Waals surface area contributed by atoms with Gasteiger partial charge in [0.1, 0.15) is 0 Å². The summed E-state index contributed by atoms with van der Waals surface area (Å²) in [5, 5.41) is 0.524. The van der Waals surface area contributed by atoms with E-state index in [1.165, 1.54) is 0 Å². The standard InChI is InChI=1S/C9H16S/c1-3-5-7-9(10)8-6-4-2/h3-4,9-10H,1-2,5-8H2. The fourth-order valence-electron chi connectivity index (χ4n) is 0.765. The summed E-state index contributed by atoms with van der Waals surface area (Å²) in [7, 11) is 0. The molecule has 0 nitrogen and oxygen atoms in total. The van der Waals surface area contributed by atoms with E-state index in [1.54, 1.807) is 0 Å². The van der Waals surface area contributed by atoms with Gasteiger partial charge in [-0.3, -0.25) is 0 Å². The van der Waals surface area contributed by atoms with E-state index in [4.69, 9.17) is 0 Å². The molecule has 10 heavy (non-hydrogen) atoms. The van der Waals surface area contributed by atoms with Crippen molar-refractivity contribution in [3.63, 3.8) is 0 Å². The van der Waals surface area contributed by atoms with Crippen molar-refractivity contribution in [2.75, 3.05) is 0 Å². The zero-order valence-electron chi connectivity index (χ0n) is 6.42. The Morgan fingerprint density at radius 1 is 1.10 bits per heavy atom. The lowest BCUT2D eigenvalue weighted by molar-refractivity contribution is 0.719. The smallest absolute Gasteiger partial charge is 0.00226 e. The van der Waals surface area contributed by atoms with Crippen LogP contribution in [-0.4, -0.2) is 5.25 Å². The molecule has 0 saturated carbocycles. The van der Waals surface area contributed by atoms with Crippen LogP contribution in [0, 0.1) is 0 Å². The van der Waals surface area contributed by atoms with Crippen LogP contribution >= 0.6 is 12.6 Å². The maximum absolute atomic E-state index is 4.40. The molecule has 0 N–H and O–H groups in total. The highest BCUT2D eigenvalue weighted by Crippen LogP contribution is 2.11. The second kappa shape index (κ2) is 6.94. The van der Waals surface area contributed by atoms with Crippen molar-refractivity contribution in [3.05, 3.63) is 25.3 Å². The average Bonchev–Trinajstić information content (AvgIpc) is 1.97. The highest BCUT2D eigenvalue weighted by Gasteiger charge is 1.98. The van der Waals surface area contributed by atoms with E-state index in [9.17, 15) is 0 Å². The molecule has 0 aliphatic carbocycles. The third-order valence-corrected chi connectivity index (χ3v) is 1.92. The summed E-state index contributed by atoms with van der Waals surface area (Å²) in [5.41, 5.74) is 0. The van der Waals surface area contributed by atoms with Crippen molar-refractivity contribution in [2.24, 2.45) is 0 Å². The highest BCUT2D eigenvalue weighted by molar-refractivity contribution is 7.80. The van der Waals surface area contributed by atoms with Gasteiger partial charge in [0.15, 0.2) is 0 Å². The Hall–Kier alpha value is -0.170. The first-order valence-corrected chi connectivity index (χ1v) is 4.22. The quantitative estimate of drug-likeness (QED) is 0.443. The lowest BCUT2D eigenvalue weighted by Crippen LogP contribution is -1.96. The van der Waals surface area contributed by atoms with E-state index in [0.29, 0.717) is 5.25 Å². The Morgan fingerprint density at radius 2 is 1.50 bits per heavy atom. The number of thiol groups is 1. The second-order valence-corrected chi connectivity index (χ2v) is 3.12. The van der Waals surface area contributed by atoms with Crippen LogP contribution in [0.3, 0.4) is 0 Å². The first kappa shape index (κ1) is 9.83. The maximum Gasteiger partial charge on any atom is 0.00226 e. The normalized spacial score (nSPS) is 9.80. The van der Waals surface area contributed by atoms with Gasteiger partial charge in [-0.25, -0.2) is 0 Å². The van der Waals surface area contributed by atoms with Gasteiger partial charge in [-0.05, 0) is 25.7 Å². The molecule has 0 amide bonds. The van der Waals surface area contributed by atoms with E-state index < -0.39 is 0 Å². The van der Waals surface area contributed by atoms with E-state index >= 15 is 0 Å². The molecular weight excluding hydrogens is 140 g/mol. The molecule has 58 valence electrons. The molecule has 0 aromatic carbocycles. The number of rotatable bonds is 6. The minimum Gasteiger partial charge on any atom is -0.176 e. The Labute approximate surface area is 69.4 Å². The maximum atomic E-state index is 4.40. The third-order valence-electron chi connectivity index (χ3n) is 1.41. The highest BCUT2D eigenvalue weighted by atomic mass is 32.1. The fraction of sp³-hybridized carbons (Fsp3) is 0.556. The molecule has 0 unspecified atom stereocenters. The molecule has 0 aromatic heterocycles. The van der Waals surface area contributed by atoms with Crippen molar-refractivity contribution in [2.45, 2.75) is 30.9 Å². The molecule has 0 aliphatic heterocycles. The van der Waals surface area contributed by atoms with Gasteiger partial charge < -0.3 is 0 Å². The van der Waals surface area contributed by atoms with E-state index in [0.717, 1.165) is 25.7 Å². The largest absolute Gasteiger partial charge is 0.176 e. The monoisotopic (exact) mass is 156 g/mol. The van der Waals surface area contributed by atoms with Crippen LogP contribution in [-0.2, 0) is 0 Å². The number of hydrogen-bond donors (Lipinski definition) is 1. The van der Waals surface area contributed by atoms with Gasteiger partial charge in [0, 0.05) is 5.25 Å². The zero-order chi connectivity index (χ0) is 7.82. The molecule has 0 fully saturated rings. The van der Waals surface area contributed by atoms with Crippen LogP contribution < -0.4 is 0 Å². The third kappa shape index (κ3) is 5.96. The summed E-state index contributed by atoms with van der Waals surface area (Å²) in [5.74, 6) is 0.